The van der Waals surface area contributed by atoms with Gasteiger partial charge in [0.25, 0.3) is 0 Å². The van der Waals surface area contributed by atoms with Gasteiger partial charge in [0.05, 0.1) is 11.7 Å². The second-order valence-electron chi connectivity index (χ2n) is 3.99. The summed E-state index contributed by atoms with van der Waals surface area (Å²) in [5, 5.41) is 0. The largest absolute Gasteiger partial charge is 0.329 e. The van der Waals surface area contributed by atoms with Gasteiger partial charge in [0.1, 0.15) is 15.9 Å². The molecular weight excluding hydrogens is 272 g/mol. The van der Waals surface area contributed by atoms with Crippen molar-refractivity contribution in [1.29, 1.82) is 0 Å². The Labute approximate surface area is 110 Å². The van der Waals surface area contributed by atoms with Crippen molar-refractivity contribution >= 4 is 32.8 Å². The second kappa shape index (κ2) is 4.88. The van der Waals surface area contributed by atoms with Gasteiger partial charge in [0.2, 0.25) is 10.0 Å². The topological polar surface area (TPSA) is 89.2 Å². The minimum atomic E-state index is -3.59. The third-order valence-corrected chi connectivity index (χ3v) is 5.41. The third kappa shape index (κ3) is 2.12. The van der Waals surface area contributed by atoms with Crippen molar-refractivity contribution in [1.82, 2.24) is 13.1 Å². The van der Waals surface area contributed by atoms with Crippen molar-refractivity contribution in [3.05, 3.63) is 18.2 Å². The van der Waals surface area contributed by atoms with E-state index in [1.807, 2.05) is 0 Å². The van der Waals surface area contributed by atoms with Crippen LogP contribution in [-0.2, 0) is 10.0 Å². The Morgan fingerprint density at radius 3 is 2.83 bits per heavy atom. The summed E-state index contributed by atoms with van der Waals surface area (Å²) in [6, 6.07) is 4.68. The highest BCUT2D eigenvalue weighted by atomic mass is 32.2. The number of sulfonamides is 1. The maximum atomic E-state index is 12.5. The molecular formula is C10H14N4O2S2. The predicted octanol–water partition coefficient (Wildman–Crippen LogP) is 0.659. The molecule has 0 amide bonds. The van der Waals surface area contributed by atoms with E-state index in [0.717, 1.165) is 11.7 Å². The van der Waals surface area contributed by atoms with E-state index in [1.165, 1.54) is 11.4 Å². The van der Waals surface area contributed by atoms with Crippen LogP contribution in [0.2, 0.25) is 0 Å². The number of nitrogens with zero attached hydrogens (tertiary/aromatic N) is 3. The number of fused-ring (bicyclic) bond motifs is 1. The third-order valence-electron chi connectivity index (χ3n) is 2.87. The Hall–Kier alpha value is -1.09. The molecule has 0 saturated heterocycles. The van der Waals surface area contributed by atoms with E-state index in [-0.39, 0.29) is 17.5 Å². The monoisotopic (exact) mass is 286 g/mol. The van der Waals surface area contributed by atoms with Crippen LogP contribution < -0.4 is 5.73 Å². The first-order valence-corrected chi connectivity index (χ1v) is 7.55. The summed E-state index contributed by atoms with van der Waals surface area (Å²) in [6.45, 7) is 2.03. The van der Waals surface area contributed by atoms with Gasteiger partial charge in [0, 0.05) is 19.6 Å². The van der Waals surface area contributed by atoms with Crippen LogP contribution in [0.5, 0.6) is 0 Å². The van der Waals surface area contributed by atoms with E-state index in [9.17, 15) is 8.42 Å². The summed E-state index contributed by atoms with van der Waals surface area (Å²) in [4.78, 5) is 0.177. The average Bonchev–Trinajstić information content (AvgIpc) is 2.84. The van der Waals surface area contributed by atoms with Crippen molar-refractivity contribution in [3.63, 3.8) is 0 Å². The van der Waals surface area contributed by atoms with E-state index in [4.69, 9.17) is 5.73 Å². The van der Waals surface area contributed by atoms with Crippen LogP contribution in [0.3, 0.4) is 0 Å². The van der Waals surface area contributed by atoms with Crippen molar-refractivity contribution in [2.75, 3.05) is 13.6 Å². The minimum absolute atomic E-state index is 0.177. The van der Waals surface area contributed by atoms with Gasteiger partial charge in [-0.3, -0.25) is 0 Å². The van der Waals surface area contributed by atoms with Crippen LogP contribution in [0.15, 0.2) is 23.1 Å². The highest BCUT2D eigenvalue weighted by Gasteiger charge is 2.27. The Morgan fingerprint density at radius 2 is 2.17 bits per heavy atom. The molecule has 2 N–H and O–H groups in total. The number of hydrogen-bond acceptors (Lipinski definition) is 6. The zero-order valence-electron chi connectivity index (χ0n) is 10.1. The molecule has 0 saturated carbocycles. The van der Waals surface area contributed by atoms with Gasteiger partial charge in [-0.05, 0) is 19.1 Å². The number of benzene rings is 1. The quantitative estimate of drug-likeness (QED) is 0.891. The lowest BCUT2D eigenvalue weighted by Gasteiger charge is -2.22. The van der Waals surface area contributed by atoms with E-state index in [2.05, 4.69) is 8.75 Å². The molecule has 0 aliphatic rings. The summed E-state index contributed by atoms with van der Waals surface area (Å²) < 4.78 is 34.3. The van der Waals surface area contributed by atoms with Gasteiger partial charge >= 0.3 is 0 Å². The van der Waals surface area contributed by atoms with Crippen LogP contribution in [0.25, 0.3) is 11.0 Å². The molecule has 1 heterocycles. The molecule has 0 radical (unpaired) electrons. The fourth-order valence-corrected chi connectivity index (χ4v) is 3.65. The van der Waals surface area contributed by atoms with Gasteiger partial charge in [-0.1, -0.05) is 6.07 Å². The van der Waals surface area contributed by atoms with Crippen LogP contribution in [0.4, 0.5) is 0 Å². The summed E-state index contributed by atoms with van der Waals surface area (Å²) >= 11 is 1.00. The molecule has 6 nitrogen and oxygen atoms in total. The molecule has 1 aromatic heterocycles. The SMILES string of the molecule is CC(CN)N(C)S(=O)(=O)c1cccc2nsnc12. The molecule has 2 aromatic rings. The van der Waals surface area contributed by atoms with Crippen LogP contribution in [-0.4, -0.2) is 41.1 Å². The van der Waals surface area contributed by atoms with Crippen molar-refractivity contribution in [2.24, 2.45) is 5.73 Å². The first kappa shape index (κ1) is 13.3. The Bertz CT molecular complexity index is 653. The number of nitrogens with two attached hydrogens (primary N) is 1. The molecule has 8 heteroatoms. The predicted molar refractivity (Wildman–Crippen MR) is 70.9 cm³/mol. The van der Waals surface area contributed by atoms with E-state index >= 15 is 0 Å². The molecule has 2 rings (SSSR count). The fraction of sp³-hybridized carbons (Fsp3) is 0.400. The van der Waals surface area contributed by atoms with E-state index in [0.29, 0.717) is 11.0 Å². The van der Waals surface area contributed by atoms with Crippen molar-refractivity contribution in [2.45, 2.75) is 17.9 Å². The zero-order valence-corrected chi connectivity index (χ0v) is 11.7. The van der Waals surface area contributed by atoms with Gasteiger partial charge in [-0.25, -0.2) is 8.42 Å². The summed E-state index contributed by atoms with van der Waals surface area (Å²) in [6.07, 6.45) is 0. The van der Waals surface area contributed by atoms with E-state index in [1.54, 1.807) is 25.1 Å². The maximum Gasteiger partial charge on any atom is 0.245 e. The molecule has 1 atom stereocenters. The normalized spacial score (nSPS) is 14.2. The molecule has 0 bridgehead atoms. The Balaban J connectivity index is 2.57. The lowest BCUT2D eigenvalue weighted by Crippen LogP contribution is -2.39. The summed E-state index contributed by atoms with van der Waals surface area (Å²) in [7, 11) is -2.07. The first-order chi connectivity index (χ1) is 8.48. The van der Waals surface area contributed by atoms with Gasteiger partial charge < -0.3 is 5.73 Å². The standard InChI is InChI=1S/C10H14N4O2S2/c1-7(6-11)14(2)18(15,16)9-5-3-4-8-10(9)13-17-12-8/h3-5,7H,6,11H2,1-2H3. The lowest BCUT2D eigenvalue weighted by atomic mass is 10.3. The molecule has 18 heavy (non-hydrogen) atoms. The second-order valence-corrected chi connectivity index (χ2v) is 6.49. The molecule has 1 unspecified atom stereocenters. The van der Waals surface area contributed by atoms with Gasteiger partial charge in [0.15, 0.2) is 0 Å². The van der Waals surface area contributed by atoms with Crippen LogP contribution >= 0.6 is 11.7 Å². The van der Waals surface area contributed by atoms with Gasteiger partial charge in [-0.15, -0.1) is 0 Å². The van der Waals surface area contributed by atoms with Crippen LogP contribution in [0, 0.1) is 0 Å². The highest BCUT2D eigenvalue weighted by Crippen LogP contribution is 2.24. The van der Waals surface area contributed by atoms with Crippen molar-refractivity contribution in [3.8, 4) is 0 Å². The fourth-order valence-electron chi connectivity index (χ4n) is 1.53. The number of rotatable bonds is 4. The lowest BCUT2D eigenvalue weighted by molar-refractivity contribution is 0.395. The van der Waals surface area contributed by atoms with Crippen LogP contribution in [0.1, 0.15) is 6.92 Å². The number of aromatic nitrogens is 2. The average molecular weight is 286 g/mol. The number of hydrogen-bond donors (Lipinski definition) is 1. The Kier molecular flexibility index (Phi) is 3.62. The van der Waals surface area contributed by atoms with Crippen molar-refractivity contribution < 1.29 is 8.42 Å². The summed E-state index contributed by atoms with van der Waals surface area (Å²) in [5.41, 5.74) is 6.52. The smallest absolute Gasteiger partial charge is 0.245 e. The molecule has 0 aliphatic heterocycles. The Morgan fingerprint density at radius 1 is 1.44 bits per heavy atom. The zero-order chi connectivity index (χ0) is 13.3. The first-order valence-electron chi connectivity index (χ1n) is 5.38. The molecule has 0 fully saturated rings. The molecule has 98 valence electrons. The molecule has 1 aromatic carbocycles. The molecule has 0 spiro atoms. The maximum absolute atomic E-state index is 12.5. The number of likely N-dealkylation sites (N-methyl/N-ethyl adjacent to an activating group) is 1. The van der Waals surface area contributed by atoms with Gasteiger partial charge in [-0.2, -0.15) is 13.1 Å². The molecule has 0 aliphatic carbocycles. The highest BCUT2D eigenvalue weighted by molar-refractivity contribution is 7.89. The minimum Gasteiger partial charge on any atom is -0.329 e. The van der Waals surface area contributed by atoms with E-state index < -0.39 is 10.0 Å². The summed E-state index contributed by atoms with van der Waals surface area (Å²) in [5.74, 6) is 0.